The van der Waals surface area contributed by atoms with Gasteiger partial charge in [-0.05, 0) is 75.8 Å². The Morgan fingerprint density at radius 2 is 1.86 bits per heavy atom. The molecule has 5 rings (SSSR count). The summed E-state index contributed by atoms with van der Waals surface area (Å²) in [6.07, 6.45) is 11.4. The highest BCUT2D eigenvalue weighted by molar-refractivity contribution is 5.82. The lowest BCUT2D eigenvalue weighted by atomic mass is 9.79. The van der Waals surface area contributed by atoms with Crippen LogP contribution in [0.3, 0.4) is 0 Å². The monoisotopic (exact) mass is 481 g/mol. The SMILES string of the molecule is COC(=O)N1CCc2ccc3c(nc(C4CCCCC4)n3[C@@H](C)C[C@H]3CC[C@@H](C(=O)O)CC3)c2C1. The standard InChI is InChI=1S/C28H39N3O4/c1-18(16-19-8-10-22(11-9-19)27(32)33)31-24-13-12-20-14-15-30(28(34)35-2)17-23(20)25(24)29-26(31)21-6-4-3-5-7-21/h12-13,18-19,21-22H,3-11,14-17H2,1-2H3,(H,32,33)/t18-,19-,22+/m0/s1. The minimum absolute atomic E-state index is 0.169. The lowest BCUT2D eigenvalue weighted by Crippen LogP contribution is -2.35. The van der Waals surface area contributed by atoms with E-state index in [1.165, 1.54) is 61.7 Å². The van der Waals surface area contributed by atoms with Gasteiger partial charge in [0.15, 0.2) is 0 Å². The number of benzene rings is 1. The van der Waals surface area contributed by atoms with Crippen molar-refractivity contribution in [1.82, 2.24) is 14.5 Å². The summed E-state index contributed by atoms with van der Waals surface area (Å²) in [6, 6.07) is 4.79. The normalized spacial score (nSPS) is 24.2. The van der Waals surface area contributed by atoms with Gasteiger partial charge in [-0.25, -0.2) is 9.78 Å². The van der Waals surface area contributed by atoms with Gasteiger partial charge in [-0.15, -0.1) is 0 Å². The number of fused-ring (bicyclic) bond motifs is 3. The highest BCUT2D eigenvalue weighted by atomic mass is 16.5. The van der Waals surface area contributed by atoms with Crippen LogP contribution in [0, 0.1) is 11.8 Å². The van der Waals surface area contributed by atoms with E-state index in [1.807, 2.05) is 0 Å². The summed E-state index contributed by atoms with van der Waals surface area (Å²) in [5, 5.41) is 9.38. The van der Waals surface area contributed by atoms with Gasteiger partial charge >= 0.3 is 12.1 Å². The number of carbonyl (C=O) groups excluding carboxylic acids is 1. The van der Waals surface area contributed by atoms with Gasteiger partial charge in [0.05, 0.1) is 30.6 Å². The van der Waals surface area contributed by atoms with Gasteiger partial charge in [0.1, 0.15) is 5.82 Å². The maximum absolute atomic E-state index is 12.3. The van der Waals surface area contributed by atoms with E-state index in [9.17, 15) is 14.7 Å². The van der Waals surface area contributed by atoms with E-state index in [2.05, 4.69) is 23.6 Å². The van der Waals surface area contributed by atoms with Crippen molar-refractivity contribution in [2.75, 3.05) is 13.7 Å². The van der Waals surface area contributed by atoms with Crippen LogP contribution in [0.5, 0.6) is 0 Å². The number of carboxylic acids is 1. The number of rotatable bonds is 5. The smallest absolute Gasteiger partial charge is 0.409 e. The number of imidazole rings is 1. The quantitative estimate of drug-likeness (QED) is 0.562. The average Bonchev–Trinajstić information content (AvgIpc) is 3.29. The van der Waals surface area contributed by atoms with E-state index in [4.69, 9.17) is 9.72 Å². The Balaban J connectivity index is 1.48. The zero-order chi connectivity index (χ0) is 24.5. The van der Waals surface area contributed by atoms with Crippen molar-refractivity contribution in [3.05, 3.63) is 29.1 Å². The summed E-state index contributed by atoms with van der Waals surface area (Å²) in [5.41, 5.74) is 4.70. The number of aromatic nitrogens is 2. The second kappa shape index (κ2) is 10.2. The van der Waals surface area contributed by atoms with E-state index < -0.39 is 5.97 Å². The van der Waals surface area contributed by atoms with Gasteiger partial charge < -0.3 is 19.3 Å². The lowest BCUT2D eigenvalue weighted by Gasteiger charge is -2.31. The third-order valence-electron chi connectivity index (χ3n) is 8.81. The summed E-state index contributed by atoms with van der Waals surface area (Å²) >= 11 is 0. The van der Waals surface area contributed by atoms with Gasteiger partial charge in [-0.1, -0.05) is 25.3 Å². The molecule has 35 heavy (non-hydrogen) atoms. The second-order valence-electron chi connectivity index (χ2n) is 11.0. The van der Waals surface area contributed by atoms with Gasteiger partial charge in [-0.2, -0.15) is 0 Å². The van der Waals surface area contributed by atoms with Crippen LogP contribution in [0.4, 0.5) is 4.79 Å². The molecule has 1 aromatic carbocycles. The number of carbonyl (C=O) groups is 2. The Kier molecular flexibility index (Phi) is 7.03. The third-order valence-corrected chi connectivity index (χ3v) is 8.81. The van der Waals surface area contributed by atoms with Crippen molar-refractivity contribution in [2.24, 2.45) is 11.8 Å². The molecule has 3 aliphatic rings. The van der Waals surface area contributed by atoms with Crippen LogP contribution in [0.1, 0.15) is 100 Å². The fourth-order valence-corrected chi connectivity index (χ4v) is 6.84. The minimum atomic E-state index is -0.637. The Hall–Kier alpha value is -2.57. The third kappa shape index (κ3) is 4.78. The predicted octanol–water partition coefficient (Wildman–Crippen LogP) is 6.05. The molecule has 1 atom stereocenters. The van der Waals surface area contributed by atoms with Gasteiger partial charge in [-0.3, -0.25) is 4.79 Å². The Labute approximate surface area is 207 Å². The number of ether oxygens (including phenoxy) is 1. The van der Waals surface area contributed by atoms with E-state index in [0.29, 0.717) is 31.0 Å². The van der Waals surface area contributed by atoms with Gasteiger partial charge in [0, 0.05) is 24.1 Å². The fraction of sp³-hybridized carbons (Fsp3) is 0.679. The maximum atomic E-state index is 12.3. The molecule has 2 aliphatic carbocycles. The summed E-state index contributed by atoms with van der Waals surface area (Å²) in [4.78, 5) is 30.8. The molecule has 1 aliphatic heterocycles. The molecular formula is C28H39N3O4. The number of aliphatic carboxylic acids is 1. The molecule has 1 amide bonds. The number of nitrogens with zero attached hydrogens (tertiary/aromatic N) is 3. The van der Waals surface area contributed by atoms with E-state index in [-0.39, 0.29) is 12.0 Å². The van der Waals surface area contributed by atoms with Crippen molar-refractivity contribution < 1.29 is 19.4 Å². The molecule has 0 spiro atoms. The molecule has 190 valence electrons. The molecule has 0 saturated heterocycles. The number of amides is 1. The number of hydrogen-bond donors (Lipinski definition) is 1. The summed E-state index contributed by atoms with van der Waals surface area (Å²) in [5.74, 6) is 1.46. The van der Waals surface area contributed by atoms with Crippen LogP contribution >= 0.6 is 0 Å². The molecule has 7 nitrogen and oxygen atoms in total. The van der Waals surface area contributed by atoms with Crippen LogP contribution in [0.15, 0.2) is 12.1 Å². The largest absolute Gasteiger partial charge is 0.481 e. The van der Waals surface area contributed by atoms with Gasteiger partial charge in [0.2, 0.25) is 0 Å². The van der Waals surface area contributed by atoms with Crippen molar-refractivity contribution in [3.63, 3.8) is 0 Å². The van der Waals surface area contributed by atoms with E-state index in [1.54, 1.807) is 4.90 Å². The topological polar surface area (TPSA) is 84.7 Å². The molecular weight excluding hydrogens is 442 g/mol. The first-order valence-corrected chi connectivity index (χ1v) is 13.5. The number of methoxy groups -OCH3 is 1. The van der Waals surface area contributed by atoms with Crippen LogP contribution in [0.2, 0.25) is 0 Å². The predicted molar refractivity (Wildman–Crippen MR) is 134 cm³/mol. The van der Waals surface area contributed by atoms with Crippen molar-refractivity contribution in [3.8, 4) is 0 Å². The molecule has 0 unspecified atom stereocenters. The molecule has 2 aromatic rings. The summed E-state index contributed by atoms with van der Waals surface area (Å²) in [7, 11) is 1.44. The second-order valence-corrected chi connectivity index (χ2v) is 11.0. The molecule has 1 N–H and O–H groups in total. The zero-order valence-corrected chi connectivity index (χ0v) is 21.2. The molecule has 2 heterocycles. The van der Waals surface area contributed by atoms with Crippen LogP contribution in [-0.2, 0) is 22.5 Å². The van der Waals surface area contributed by atoms with E-state index in [0.717, 1.165) is 44.0 Å². The molecule has 2 saturated carbocycles. The average molecular weight is 482 g/mol. The van der Waals surface area contributed by atoms with Gasteiger partial charge in [0.25, 0.3) is 0 Å². The highest BCUT2D eigenvalue weighted by Crippen LogP contribution is 2.40. The van der Waals surface area contributed by atoms with E-state index >= 15 is 0 Å². The summed E-state index contributed by atoms with van der Waals surface area (Å²) < 4.78 is 7.52. The maximum Gasteiger partial charge on any atom is 0.409 e. The lowest BCUT2D eigenvalue weighted by molar-refractivity contribution is -0.143. The van der Waals surface area contributed by atoms with Crippen LogP contribution in [0.25, 0.3) is 11.0 Å². The first-order valence-electron chi connectivity index (χ1n) is 13.5. The molecule has 0 radical (unpaired) electrons. The first kappa shape index (κ1) is 24.1. The Morgan fingerprint density at radius 3 is 2.54 bits per heavy atom. The van der Waals surface area contributed by atoms with Crippen molar-refractivity contribution >= 4 is 23.1 Å². The van der Waals surface area contributed by atoms with Crippen molar-refractivity contribution in [1.29, 1.82) is 0 Å². The molecule has 1 aromatic heterocycles. The van der Waals surface area contributed by atoms with Crippen molar-refractivity contribution in [2.45, 2.75) is 96.1 Å². The van der Waals surface area contributed by atoms with Crippen LogP contribution < -0.4 is 0 Å². The van der Waals surface area contributed by atoms with Crippen LogP contribution in [-0.4, -0.2) is 45.3 Å². The number of carboxylic acid groups (broad SMARTS) is 1. The zero-order valence-electron chi connectivity index (χ0n) is 21.2. The Bertz CT molecular complexity index is 1080. The minimum Gasteiger partial charge on any atom is -0.481 e. The summed E-state index contributed by atoms with van der Waals surface area (Å²) in [6.45, 7) is 3.54. The Morgan fingerprint density at radius 1 is 1.11 bits per heavy atom. The molecule has 0 bridgehead atoms. The molecule has 7 heteroatoms. The molecule has 2 fully saturated rings. The fourth-order valence-electron chi connectivity index (χ4n) is 6.84. The highest BCUT2D eigenvalue weighted by Gasteiger charge is 2.31. The number of hydrogen-bond acceptors (Lipinski definition) is 4. The first-order chi connectivity index (χ1) is 17.0.